The van der Waals surface area contributed by atoms with Crippen LogP contribution in [0.2, 0.25) is 5.02 Å². The number of primary amides is 1. The van der Waals surface area contributed by atoms with E-state index in [-0.39, 0.29) is 15.5 Å². The second-order valence-electron chi connectivity index (χ2n) is 2.55. The summed E-state index contributed by atoms with van der Waals surface area (Å²) in [5.41, 5.74) is 5.02. The Kier molecular flexibility index (Phi) is 2.79. The van der Waals surface area contributed by atoms with Crippen molar-refractivity contribution in [2.24, 2.45) is 10.9 Å². The van der Waals surface area contributed by atoms with Crippen molar-refractivity contribution < 1.29 is 13.2 Å². The number of carbonyl (C=O) groups is 1. The molecule has 0 unspecified atom stereocenters. The predicted molar refractivity (Wildman–Crippen MR) is 51.3 cm³/mol. The molecule has 5 nitrogen and oxygen atoms in total. The van der Waals surface area contributed by atoms with Gasteiger partial charge in [0.1, 0.15) is 0 Å². The van der Waals surface area contributed by atoms with Crippen LogP contribution in [0.3, 0.4) is 0 Å². The maximum Gasteiger partial charge on any atom is 0.250 e. The molecular weight excluding hydrogens is 228 g/mol. The number of carbonyl (C=O) groups excluding carboxylic acids is 1. The summed E-state index contributed by atoms with van der Waals surface area (Å²) in [4.78, 5) is 10.6. The summed E-state index contributed by atoms with van der Waals surface area (Å²) in [6, 6.07) is 3.46. The summed E-state index contributed by atoms with van der Waals surface area (Å²) in [6.07, 6.45) is 0. The maximum absolute atomic E-state index is 10.9. The molecule has 1 rings (SSSR count). The zero-order valence-corrected chi connectivity index (χ0v) is 8.47. The van der Waals surface area contributed by atoms with Gasteiger partial charge in [-0.1, -0.05) is 11.6 Å². The molecule has 0 radical (unpaired) electrons. The van der Waals surface area contributed by atoms with Crippen molar-refractivity contribution in [1.82, 2.24) is 0 Å². The highest BCUT2D eigenvalue weighted by molar-refractivity contribution is 7.89. The molecule has 0 aliphatic carbocycles. The predicted octanol–water partition coefficient (Wildman–Crippen LogP) is 0.0863. The first-order chi connectivity index (χ1) is 6.32. The molecule has 0 bridgehead atoms. The standard InChI is InChI=1S/C7H7ClN2O3S/c8-6-3-4(14(10,12)13)1-2-5(6)7(9)11/h1-3H,(H2,9,11)(H2,10,12,13). The van der Waals surface area contributed by atoms with Crippen LogP contribution in [-0.4, -0.2) is 14.3 Å². The Balaban J connectivity index is 3.34. The second-order valence-corrected chi connectivity index (χ2v) is 4.52. The van der Waals surface area contributed by atoms with Crippen molar-refractivity contribution in [3.05, 3.63) is 28.8 Å². The third-order valence-corrected chi connectivity index (χ3v) is 2.76. The number of sulfonamides is 1. The second kappa shape index (κ2) is 3.56. The largest absolute Gasteiger partial charge is 0.366 e. The van der Waals surface area contributed by atoms with Gasteiger partial charge in [-0.2, -0.15) is 0 Å². The van der Waals surface area contributed by atoms with Crippen LogP contribution in [0.4, 0.5) is 0 Å². The van der Waals surface area contributed by atoms with E-state index in [9.17, 15) is 13.2 Å². The Morgan fingerprint density at radius 3 is 2.29 bits per heavy atom. The highest BCUT2D eigenvalue weighted by atomic mass is 35.5. The van der Waals surface area contributed by atoms with Crippen LogP contribution in [0.25, 0.3) is 0 Å². The minimum absolute atomic E-state index is 0.0379. The van der Waals surface area contributed by atoms with Gasteiger partial charge in [0.25, 0.3) is 0 Å². The van der Waals surface area contributed by atoms with Gasteiger partial charge in [0.15, 0.2) is 0 Å². The first-order valence-electron chi connectivity index (χ1n) is 3.44. The van der Waals surface area contributed by atoms with Gasteiger partial charge >= 0.3 is 0 Å². The lowest BCUT2D eigenvalue weighted by Crippen LogP contribution is -2.15. The molecule has 0 saturated carbocycles. The van der Waals surface area contributed by atoms with E-state index >= 15 is 0 Å². The van der Waals surface area contributed by atoms with Gasteiger partial charge in [0, 0.05) is 0 Å². The smallest absolute Gasteiger partial charge is 0.250 e. The van der Waals surface area contributed by atoms with Crippen LogP contribution in [0.5, 0.6) is 0 Å². The van der Waals surface area contributed by atoms with Crippen molar-refractivity contribution in [3.63, 3.8) is 0 Å². The molecule has 76 valence electrons. The van der Waals surface area contributed by atoms with Crippen LogP contribution in [0.15, 0.2) is 23.1 Å². The van der Waals surface area contributed by atoms with Crippen molar-refractivity contribution in [3.8, 4) is 0 Å². The molecule has 1 amide bonds. The Bertz CT molecular complexity index is 484. The summed E-state index contributed by atoms with van der Waals surface area (Å²) in [5.74, 6) is -0.726. The van der Waals surface area contributed by atoms with Crippen LogP contribution >= 0.6 is 11.6 Å². The normalized spacial score (nSPS) is 11.3. The topological polar surface area (TPSA) is 103 Å². The van der Waals surface area contributed by atoms with Crippen LogP contribution in [0, 0.1) is 0 Å². The van der Waals surface area contributed by atoms with E-state index in [0.717, 1.165) is 6.07 Å². The number of rotatable bonds is 2. The van der Waals surface area contributed by atoms with Gasteiger partial charge in [-0.05, 0) is 18.2 Å². The van der Waals surface area contributed by atoms with E-state index < -0.39 is 15.9 Å². The third kappa shape index (κ3) is 2.22. The quantitative estimate of drug-likeness (QED) is 0.758. The first-order valence-corrected chi connectivity index (χ1v) is 5.37. The number of halogens is 1. The molecular formula is C7H7ClN2O3S. The Morgan fingerprint density at radius 2 is 1.93 bits per heavy atom. The lowest BCUT2D eigenvalue weighted by molar-refractivity contribution is 0.100. The highest BCUT2D eigenvalue weighted by Gasteiger charge is 2.12. The molecule has 0 aliphatic heterocycles. The van der Waals surface area contributed by atoms with Gasteiger partial charge in [-0.3, -0.25) is 4.79 Å². The van der Waals surface area contributed by atoms with Crippen LogP contribution < -0.4 is 10.9 Å². The van der Waals surface area contributed by atoms with E-state index in [1.54, 1.807) is 0 Å². The summed E-state index contributed by atoms with van der Waals surface area (Å²) in [7, 11) is -3.80. The van der Waals surface area contributed by atoms with E-state index in [1.807, 2.05) is 0 Å². The average Bonchev–Trinajstić information content (AvgIpc) is 2.01. The number of amides is 1. The number of primary sulfonamides is 1. The fourth-order valence-electron chi connectivity index (χ4n) is 0.873. The van der Waals surface area contributed by atoms with Crippen molar-refractivity contribution in [2.75, 3.05) is 0 Å². The molecule has 0 saturated heterocycles. The van der Waals surface area contributed by atoms with Crippen molar-refractivity contribution in [2.45, 2.75) is 4.90 Å². The Morgan fingerprint density at radius 1 is 1.36 bits per heavy atom. The lowest BCUT2D eigenvalue weighted by atomic mass is 10.2. The molecule has 14 heavy (non-hydrogen) atoms. The molecule has 1 aromatic carbocycles. The summed E-state index contributed by atoms with van der Waals surface area (Å²) in [6.45, 7) is 0. The Labute approximate surface area is 85.7 Å². The number of hydrogen-bond donors (Lipinski definition) is 2. The van der Waals surface area contributed by atoms with Gasteiger partial charge in [0.2, 0.25) is 15.9 Å². The maximum atomic E-state index is 10.9. The van der Waals surface area contributed by atoms with E-state index in [4.69, 9.17) is 22.5 Å². The average molecular weight is 235 g/mol. The van der Waals surface area contributed by atoms with E-state index in [2.05, 4.69) is 0 Å². The molecule has 0 aromatic heterocycles. The summed E-state index contributed by atoms with van der Waals surface area (Å²) >= 11 is 5.61. The minimum Gasteiger partial charge on any atom is -0.366 e. The van der Waals surface area contributed by atoms with E-state index in [1.165, 1.54) is 12.1 Å². The SMILES string of the molecule is NC(=O)c1ccc(S(N)(=O)=O)cc1Cl. The molecule has 0 aliphatic rings. The summed E-state index contributed by atoms with van der Waals surface area (Å²) in [5, 5.41) is 4.81. The van der Waals surface area contributed by atoms with Gasteiger partial charge < -0.3 is 5.73 Å². The molecule has 0 atom stereocenters. The fraction of sp³-hybridized carbons (Fsp3) is 0. The zero-order chi connectivity index (χ0) is 10.9. The molecule has 0 spiro atoms. The fourth-order valence-corrected chi connectivity index (χ4v) is 1.75. The third-order valence-electron chi connectivity index (χ3n) is 1.53. The number of benzene rings is 1. The van der Waals surface area contributed by atoms with Crippen LogP contribution in [0.1, 0.15) is 10.4 Å². The molecule has 4 N–H and O–H groups in total. The van der Waals surface area contributed by atoms with Gasteiger partial charge in [0.05, 0.1) is 15.5 Å². The van der Waals surface area contributed by atoms with E-state index in [0.29, 0.717) is 0 Å². The highest BCUT2D eigenvalue weighted by Crippen LogP contribution is 2.19. The first kappa shape index (κ1) is 11.0. The van der Waals surface area contributed by atoms with Gasteiger partial charge in [-0.25, -0.2) is 13.6 Å². The molecule has 0 fully saturated rings. The molecule has 7 heteroatoms. The monoisotopic (exact) mass is 234 g/mol. The Hall–Kier alpha value is -1.11. The number of nitrogens with two attached hydrogens (primary N) is 2. The van der Waals surface area contributed by atoms with Crippen molar-refractivity contribution >= 4 is 27.5 Å². The van der Waals surface area contributed by atoms with Gasteiger partial charge in [-0.15, -0.1) is 0 Å². The number of hydrogen-bond acceptors (Lipinski definition) is 3. The van der Waals surface area contributed by atoms with Crippen LogP contribution in [-0.2, 0) is 10.0 Å². The minimum atomic E-state index is -3.80. The molecule has 1 aromatic rings. The molecule has 0 heterocycles. The lowest BCUT2D eigenvalue weighted by Gasteiger charge is -2.02. The summed E-state index contributed by atoms with van der Waals surface area (Å²) < 4.78 is 21.7. The van der Waals surface area contributed by atoms with Crippen molar-refractivity contribution in [1.29, 1.82) is 0 Å². The zero-order valence-electron chi connectivity index (χ0n) is 6.90.